The molecule has 3 aromatic rings. The fourth-order valence-corrected chi connectivity index (χ4v) is 2.74. The van der Waals surface area contributed by atoms with Crippen molar-refractivity contribution in [2.45, 2.75) is 19.4 Å². The molecule has 1 heterocycles. The van der Waals surface area contributed by atoms with Crippen LogP contribution in [0.3, 0.4) is 0 Å². The van der Waals surface area contributed by atoms with Crippen molar-refractivity contribution in [3.63, 3.8) is 0 Å². The molecule has 0 fully saturated rings. The summed E-state index contributed by atoms with van der Waals surface area (Å²) >= 11 is 0. The number of H-pyrrole nitrogens is 1. The summed E-state index contributed by atoms with van der Waals surface area (Å²) in [5.41, 5.74) is 0.725. The van der Waals surface area contributed by atoms with E-state index in [1.807, 2.05) is 0 Å². The molecule has 1 aromatic heterocycles. The Labute approximate surface area is 160 Å². The van der Waals surface area contributed by atoms with Crippen molar-refractivity contribution in [3.8, 4) is 5.75 Å². The first-order valence-corrected chi connectivity index (χ1v) is 8.68. The Morgan fingerprint density at radius 3 is 2.46 bits per heavy atom. The normalized spacial score (nSPS) is 11.6. The molecule has 0 aliphatic heterocycles. The summed E-state index contributed by atoms with van der Waals surface area (Å²) in [4.78, 5) is 36.5. The maximum atomic E-state index is 12.4. The minimum Gasteiger partial charge on any atom is -0.497 e. The van der Waals surface area contributed by atoms with E-state index in [0.717, 1.165) is 0 Å². The summed E-state index contributed by atoms with van der Waals surface area (Å²) in [6.45, 7) is 1.59. The Kier molecular flexibility index (Phi) is 5.69. The quantitative estimate of drug-likeness (QED) is 0.601. The predicted octanol–water partition coefficient (Wildman–Crippen LogP) is 1.62. The van der Waals surface area contributed by atoms with Crippen LogP contribution in [-0.4, -0.2) is 35.2 Å². The summed E-state index contributed by atoms with van der Waals surface area (Å²) in [5, 5.41) is 12.8. The van der Waals surface area contributed by atoms with Crippen LogP contribution in [0.4, 0.5) is 5.69 Å². The number of fused-ring (bicyclic) bond motifs is 1. The number of benzene rings is 2. The second kappa shape index (κ2) is 8.34. The number of nitrogens with one attached hydrogen (secondary N) is 3. The molecule has 3 rings (SSSR count). The maximum absolute atomic E-state index is 12.4. The molecular formula is C20H20N4O4. The average Bonchev–Trinajstić information content (AvgIpc) is 2.71. The SMILES string of the molecule is COc1ccc(NC(=O)[C@H](C)NC(=O)Cc2n[nH]c(=O)c3ccccc23)cc1. The zero-order chi connectivity index (χ0) is 20.1. The molecular weight excluding hydrogens is 360 g/mol. The Morgan fingerprint density at radius 1 is 1.11 bits per heavy atom. The largest absolute Gasteiger partial charge is 0.497 e. The predicted molar refractivity (Wildman–Crippen MR) is 105 cm³/mol. The highest BCUT2D eigenvalue weighted by atomic mass is 16.5. The number of anilines is 1. The molecule has 3 N–H and O–H groups in total. The van der Waals surface area contributed by atoms with Gasteiger partial charge >= 0.3 is 0 Å². The Hall–Kier alpha value is -3.68. The van der Waals surface area contributed by atoms with Gasteiger partial charge in [0.05, 0.1) is 24.6 Å². The lowest BCUT2D eigenvalue weighted by Crippen LogP contribution is -2.42. The molecule has 0 saturated heterocycles. The van der Waals surface area contributed by atoms with Gasteiger partial charge in [-0.1, -0.05) is 18.2 Å². The number of hydrogen-bond donors (Lipinski definition) is 3. The second-order valence-corrected chi connectivity index (χ2v) is 6.23. The van der Waals surface area contributed by atoms with Gasteiger partial charge < -0.3 is 15.4 Å². The van der Waals surface area contributed by atoms with Gasteiger partial charge in [0.25, 0.3) is 5.56 Å². The fourth-order valence-electron chi connectivity index (χ4n) is 2.74. The molecule has 28 heavy (non-hydrogen) atoms. The summed E-state index contributed by atoms with van der Waals surface area (Å²) < 4.78 is 5.07. The topological polar surface area (TPSA) is 113 Å². The zero-order valence-electron chi connectivity index (χ0n) is 15.5. The minimum absolute atomic E-state index is 0.0581. The van der Waals surface area contributed by atoms with Gasteiger partial charge in [0.15, 0.2) is 0 Å². The molecule has 0 unspecified atom stereocenters. The highest BCUT2D eigenvalue weighted by Gasteiger charge is 2.17. The number of rotatable bonds is 6. The van der Waals surface area contributed by atoms with Crippen LogP contribution in [0.5, 0.6) is 5.75 Å². The van der Waals surface area contributed by atoms with E-state index >= 15 is 0 Å². The lowest BCUT2D eigenvalue weighted by Gasteiger charge is -2.14. The number of ether oxygens (including phenoxy) is 1. The van der Waals surface area contributed by atoms with Crippen molar-refractivity contribution in [1.82, 2.24) is 15.5 Å². The summed E-state index contributed by atoms with van der Waals surface area (Å²) in [6, 6.07) is 13.1. The molecule has 0 aliphatic rings. The third-order valence-corrected chi connectivity index (χ3v) is 4.23. The van der Waals surface area contributed by atoms with Gasteiger partial charge in [0, 0.05) is 11.1 Å². The van der Waals surface area contributed by atoms with Gasteiger partial charge in [0.2, 0.25) is 11.8 Å². The van der Waals surface area contributed by atoms with Crippen molar-refractivity contribution >= 4 is 28.3 Å². The average molecular weight is 380 g/mol. The van der Waals surface area contributed by atoms with Crippen molar-refractivity contribution < 1.29 is 14.3 Å². The molecule has 144 valence electrons. The van der Waals surface area contributed by atoms with Gasteiger partial charge in [-0.05, 0) is 37.3 Å². The molecule has 0 aliphatic carbocycles. The van der Waals surface area contributed by atoms with Crippen LogP contribution in [0.15, 0.2) is 53.3 Å². The van der Waals surface area contributed by atoms with E-state index in [2.05, 4.69) is 20.8 Å². The van der Waals surface area contributed by atoms with Gasteiger partial charge in [-0.25, -0.2) is 5.10 Å². The third-order valence-electron chi connectivity index (χ3n) is 4.23. The van der Waals surface area contributed by atoms with Crippen LogP contribution in [-0.2, 0) is 16.0 Å². The zero-order valence-corrected chi connectivity index (χ0v) is 15.5. The Bertz CT molecular complexity index is 1060. The number of methoxy groups -OCH3 is 1. The minimum atomic E-state index is -0.747. The first kappa shape index (κ1) is 19.1. The maximum Gasteiger partial charge on any atom is 0.272 e. The van der Waals surface area contributed by atoms with E-state index in [-0.39, 0.29) is 23.8 Å². The highest BCUT2D eigenvalue weighted by molar-refractivity contribution is 5.97. The highest BCUT2D eigenvalue weighted by Crippen LogP contribution is 2.15. The standard InChI is InChI=1S/C20H20N4O4/c1-12(19(26)22-13-7-9-14(28-2)10-8-13)21-18(25)11-17-15-5-3-4-6-16(15)20(27)24-23-17/h3-10,12H,11H2,1-2H3,(H,21,25)(H,22,26)(H,24,27)/t12-/m0/s1. The van der Waals surface area contributed by atoms with E-state index in [9.17, 15) is 14.4 Å². The summed E-state index contributed by atoms with van der Waals surface area (Å²) in [7, 11) is 1.56. The van der Waals surface area contributed by atoms with Crippen molar-refractivity contribution in [3.05, 3.63) is 64.6 Å². The fraction of sp³-hybridized carbons (Fsp3) is 0.200. The van der Waals surface area contributed by atoms with E-state index in [1.165, 1.54) is 0 Å². The van der Waals surface area contributed by atoms with Crippen LogP contribution >= 0.6 is 0 Å². The number of aromatic nitrogens is 2. The second-order valence-electron chi connectivity index (χ2n) is 6.23. The van der Waals surface area contributed by atoms with Gasteiger partial charge in [-0.3, -0.25) is 14.4 Å². The number of amides is 2. The monoisotopic (exact) mass is 380 g/mol. The van der Waals surface area contributed by atoms with Crippen LogP contribution in [0.1, 0.15) is 12.6 Å². The smallest absolute Gasteiger partial charge is 0.272 e. The van der Waals surface area contributed by atoms with Crippen LogP contribution in [0, 0.1) is 0 Å². The lowest BCUT2D eigenvalue weighted by molar-refractivity contribution is -0.125. The molecule has 8 heteroatoms. The molecule has 2 amide bonds. The molecule has 2 aromatic carbocycles. The lowest BCUT2D eigenvalue weighted by atomic mass is 10.1. The van der Waals surface area contributed by atoms with Gasteiger partial charge in [0.1, 0.15) is 11.8 Å². The molecule has 0 radical (unpaired) electrons. The van der Waals surface area contributed by atoms with Gasteiger partial charge in [-0.15, -0.1) is 0 Å². The Balaban J connectivity index is 1.63. The van der Waals surface area contributed by atoms with Crippen LogP contribution < -0.4 is 20.9 Å². The molecule has 0 spiro atoms. The van der Waals surface area contributed by atoms with E-state index in [0.29, 0.717) is 27.9 Å². The molecule has 0 saturated carbocycles. The molecule has 1 atom stereocenters. The molecule has 0 bridgehead atoms. The van der Waals surface area contributed by atoms with Crippen molar-refractivity contribution in [1.29, 1.82) is 0 Å². The van der Waals surface area contributed by atoms with Crippen molar-refractivity contribution in [2.24, 2.45) is 0 Å². The van der Waals surface area contributed by atoms with Crippen LogP contribution in [0.25, 0.3) is 10.8 Å². The van der Waals surface area contributed by atoms with Gasteiger partial charge in [-0.2, -0.15) is 5.10 Å². The number of hydrogen-bond acceptors (Lipinski definition) is 5. The van der Waals surface area contributed by atoms with E-state index in [4.69, 9.17) is 4.74 Å². The first-order valence-electron chi connectivity index (χ1n) is 8.68. The number of aromatic amines is 1. The van der Waals surface area contributed by atoms with E-state index in [1.54, 1.807) is 62.6 Å². The Morgan fingerprint density at radius 2 is 1.79 bits per heavy atom. The van der Waals surface area contributed by atoms with Crippen molar-refractivity contribution in [2.75, 3.05) is 12.4 Å². The van der Waals surface area contributed by atoms with E-state index < -0.39 is 6.04 Å². The number of carbonyl (C=O) groups is 2. The van der Waals surface area contributed by atoms with Crippen LogP contribution in [0.2, 0.25) is 0 Å². The third kappa shape index (κ3) is 4.35. The number of carbonyl (C=O) groups excluding carboxylic acids is 2. The summed E-state index contributed by atoms with van der Waals surface area (Å²) in [6.07, 6.45) is -0.0581. The first-order chi connectivity index (χ1) is 13.5. The number of nitrogens with zero attached hydrogens (tertiary/aromatic N) is 1. The molecule has 8 nitrogen and oxygen atoms in total. The summed E-state index contributed by atoms with van der Waals surface area (Å²) in [5.74, 6) is -0.0418.